The molecular weight excluding hydrogens is 304 g/mol. The van der Waals surface area contributed by atoms with E-state index in [1.54, 1.807) is 36.4 Å². The predicted octanol–water partition coefficient (Wildman–Crippen LogP) is 2.72. The van der Waals surface area contributed by atoms with Crippen LogP contribution in [0.1, 0.15) is 17.5 Å². The normalized spacial score (nSPS) is 18.7. The molecule has 24 heavy (non-hydrogen) atoms. The highest BCUT2D eigenvalue weighted by molar-refractivity contribution is 6.08. The van der Waals surface area contributed by atoms with Gasteiger partial charge in [0.15, 0.2) is 5.60 Å². The maximum Gasteiger partial charge on any atom is 0.261 e. The minimum Gasteiger partial charge on any atom is -0.375 e. The largest absolute Gasteiger partial charge is 0.375 e. The van der Waals surface area contributed by atoms with E-state index in [1.165, 1.54) is 0 Å². The summed E-state index contributed by atoms with van der Waals surface area (Å²) in [5.41, 5.74) is 1.08. The van der Waals surface area contributed by atoms with Crippen molar-refractivity contribution in [2.24, 2.45) is 0 Å². The average molecular weight is 322 g/mol. The van der Waals surface area contributed by atoms with Gasteiger partial charge in [0.25, 0.3) is 11.8 Å². The molecule has 1 heterocycles. The van der Waals surface area contributed by atoms with Crippen molar-refractivity contribution in [3.8, 4) is 0 Å². The maximum absolute atomic E-state index is 12.3. The third-order valence-electron chi connectivity index (χ3n) is 4.10. The summed E-state index contributed by atoms with van der Waals surface area (Å²) in [4.78, 5) is 24.5. The Kier molecular flexibility index (Phi) is 3.95. The number of carbonyl (C=O) groups excluding carboxylic acids is 2. The summed E-state index contributed by atoms with van der Waals surface area (Å²) in [6, 6.07) is 14.2. The van der Waals surface area contributed by atoms with Gasteiger partial charge in [-0.15, -0.1) is 0 Å². The summed E-state index contributed by atoms with van der Waals surface area (Å²) < 4.78 is 0. The number of rotatable bonds is 4. The Labute approximate surface area is 140 Å². The van der Waals surface area contributed by atoms with Gasteiger partial charge in [0, 0.05) is 28.9 Å². The van der Waals surface area contributed by atoms with Gasteiger partial charge in [-0.1, -0.05) is 42.5 Å². The molecule has 0 fully saturated rings. The first-order valence-electron chi connectivity index (χ1n) is 7.59. The highest BCUT2D eigenvalue weighted by Crippen LogP contribution is 2.39. The van der Waals surface area contributed by atoms with E-state index in [0.29, 0.717) is 16.9 Å². The number of aryl methyl sites for hydroxylation is 1. The van der Waals surface area contributed by atoms with E-state index < -0.39 is 17.4 Å². The SMILES string of the molecule is C=C(C[C@@]1(O)C(=O)Nc2ccccc21)C(=O)Nc1ccc(C)cc1. The lowest BCUT2D eigenvalue weighted by atomic mass is 9.88. The van der Waals surface area contributed by atoms with Crippen molar-refractivity contribution in [2.75, 3.05) is 10.6 Å². The summed E-state index contributed by atoms with van der Waals surface area (Å²) in [7, 11) is 0. The molecule has 0 unspecified atom stereocenters. The van der Waals surface area contributed by atoms with Gasteiger partial charge in [-0.05, 0) is 25.1 Å². The van der Waals surface area contributed by atoms with Crippen molar-refractivity contribution < 1.29 is 14.7 Å². The van der Waals surface area contributed by atoms with Gasteiger partial charge in [0.2, 0.25) is 0 Å². The summed E-state index contributed by atoms with van der Waals surface area (Å²) in [5, 5.41) is 16.1. The van der Waals surface area contributed by atoms with Gasteiger partial charge < -0.3 is 15.7 Å². The van der Waals surface area contributed by atoms with Crippen LogP contribution in [0.4, 0.5) is 11.4 Å². The van der Waals surface area contributed by atoms with Crippen LogP contribution in [0.5, 0.6) is 0 Å². The fourth-order valence-electron chi connectivity index (χ4n) is 2.72. The highest BCUT2D eigenvalue weighted by Gasteiger charge is 2.45. The van der Waals surface area contributed by atoms with E-state index in [0.717, 1.165) is 5.56 Å². The van der Waals surface area contributed by atoms with E-state index in [-0.39, 0.29) is 12.0 Å². The lowest BCUT2D eigenvalue weighted by Gasteiger charge is -2.21. The van der Waals surface area contributed by atoms with Gasteiger partial charge in [-0.25, -0.2) is 0 Å². The first-order valence-corrected chi connectivity index (χ1v) is 7.59. The van der Waals surface area contributed by atoms with E-state index in [9.17, 15) is 14.7 Å². The number of benzene rings is 2. The highest BCUT2D eigenvalue weighted by atomic mass is 16.3. The molecule has 0 radical (unpaired) electrons. The van der Waals surface area contributed by atoms with Gasteiger partial charge in [-0.3, -0.25) is 9.59 Å². The molecule has 0 saturated heterocycles. The van der Waals surface area contributed by atoms with Gasteiger partial charge in [0.05, 0.1) is 0 Å². The summed E-state index contributed by atoms with van der Waals surface area (Å²) in [6.45, 7) is 5.69. The zero-order valence-corrected chi connectivity index (χ0v) is 13.3. The van der Waals surface area contributed by atoms with Crippen LogP contribution < -0.4 is 10.6 Å². The smallest absolute Gasteiger partial charge is 0.261 e. The Bertz CT molecular complexity index is 827. The minimum atomic E-state index is -1.78. The maximum atomic E-state index is 12.3. The number of nitrogens with one attached hydrogen (secondary N) is 2. The number of amides is 2. The molecule has 1 atom stereocenters. The standard InChI is InChI=1S/C19H18N2O3/c1-12-7-9-14(10-8-12)20-17(22)13(2)11-19(24)15-5-3-4-6-16(15)21-18(19)23/h3-10,24H,2,11H2,1H3,(H,20,22)(H,21,23)/t19-/m0/s1. The van der Waals surface area contributed by atoms with Crippen LogP contribution in [0.2, 0.25) is 0 Å². The van der Waals surface area contributed by atoms with Crippen LogP contribution in [-0.4, -0.2) is 16.9 Å². The minimum absolute atomic E-state index is 0.130. The first kappa shape index (κ1) is 16.0. The molecule has 0 aromatic heterocycles. The molecular formula is C19H18N2O3. The van der Waals surface area contributed by atoms with E-state index in [4.69, 9.17) is 0 Å². The number of anilines is 2. The van der Waals surface area contributed by atoms with Gasteiger partial charge >= 0.3 is 0 Å². The molecule has 3 N–H and O–H groups in total. The lowest BCUT2D eigenvalue weighted by molar-refractivity contribution is -0.133. The van der Waals surface area contributed by atoms with Gasteiger partial charge in [-0.2, -0.15) is 0 Å². The molecule has 0 aliphatic carbocycles. The van der Waals surface area contributed by atoms with E-state index in [1.807, 2.05) is 19.1 Å². The van der Waals surface area contributed by atoms with Crippen LogP contribution in [-0.2, 0) is 15.2 Å². The van der Waals surface area contributed by atoms with Crippen LogP contribution in [0.15, 0.2) is 60.7 Å². The molecule has 2 aromatic carbocycles. The third-order valence-corrected chi connectivity index (χ3v) is 4.10. The number of aliphatic hydroxyl groups is 1. The quantitative estimate of drug-likeness (QED) is 0.757. The van der Waals surface area contributed by atoms with Crippen LogP contribution >= 0.6 is 0 Å². The number of fused-ring (bicyclic) bond motifs is 1. The summed E-state index contributed by atoms with van der Waals surface area (Å²) in [6.07, 6.45) is -0.173. The third kappa shape index (κ3) is 2.81. The number of carbonyl (C=O) groups is 2. The van der Waals surface area contributed by atoms with Crippen molar-refractivity contribution >= 4 is 23.2 Å². The number of hydrogen-bond donors (Lipinski definition) is 3. The number of para-hydroxylation sites is 1. The molecule has 2 amide bonds. The van der Waals surface area contributed by atoms with Crippen molar-refractivity contribution in [1.29, 1.82) is 0 Å². The fraction of sp³-hybridized carbons (Fsp3) is 0.158. The number of hydrogen-bond acceptors (Lipinski definition) is 3. The topological polar surface area (TPSA) is 78.4 Å². The zero-order valence-electron chi connectivity index (χ0n) is 13.3. The van der Waals surface area contributed by atoms with Crippen LogP contribution in [0.25, 0.3) is 0 Å². The molecule has 1 aliphatic rings. The summed E-state index contributed by atoms with van der Waals surface area (Å²) >= 11 is 0. The molecule has 5 nitrogen and oxygen atoms in total. The second-order valence-corrected chi connectivity index (χ2v) is 5.96. The zero-order chi connectivity index (χ0) is 17.3. The Balaban J connectivity index is 1.75. The van der Waals surface area contributed by atoms with Crippen molar-refractivity contribution in [1.82, 2.24) is 0 Å². The first-order chi connectivity index (χ1) is 11.4. The second-order valence-electron chi connectivity index (χ2n) is 5.96. The predicted molar refractivity (Wildman–Crippen MR) is 92.5 cm³/mol. The molecule has 2 aromatic rings. The Morgan fingerprint density at radius 2 is 1.88 bits per heavy atom. The monoisotopic (exact) mass is 322 g/mol. The molecule has 0 spiro atoms. The second kappa shape index (κ2) is 5.94. The van der Waals surface area contributed by atoms with E-state index in [2.05, 4.69) is 17.2 Å². The fourth-order valence-corrected chi connectivity index (χ4v) is 2.72. The van der Waals surface area contributed by atoms with Crippen molar-refractivity contribution in [3.05, 3.63) is 71.8 Å². The molecule has 122 valence electrons. The van der Waals surface area contributed by atoms with Crippen LogP contribution in [0.3, 0.4) is 0 Å². The Morgan fingerprint density at radius 1 is 1.21 bits per heavy atom. The lowest BCUT2D eigenvalue weighted by Crippen LogP contribution is -2.36. The van der Waals surface area contributed by atoms with Crippen molar-refractivity contribution in [3.63, 3.8) is 0 Å². The Hall–Kier alpha value is -2.92. The van der Waals surface area contributed by atoms with E-state index >= 15 is 0 Å². The molecule has 0 bridgehead atoms. The molecule has 5 heteroatoms. The van der Waals surface area contributed by atoms with Crippen molar-refractivity contribution in [2.45, 2.75) is 18.9 Å². The Morgan fingerprint density at radius 3 is 2.58 bits per heavy atom. The molecule has 0 saturated carbocycles. The van der Waals surface area contributed by atoms with Crippen LogP contribution in [0, 0.1) is 6.92 Å². The molecule has 3 rings (SSSR count). The average Bonchev–Trinajstić information content (AvgIpc) is 2.81. The summed E-state index contributed by atoms with van der Waals surface area (Å²) in [5.74, 6) is -0.975. The molecule has 1 aliphatic heterocycles. The van der Waals surface area contributed by atoms with Gasteiger partial charge in [0.1, 0.15) is 0 Å².